The molecule has 2 saturated heterocycles. The number of rotatable bonds is 9. The molecule has 0 atom stereocenters. The van der Waals surface area contributed by atoms with Crippen LogP contribution in [-0.4, -0.2) is 69.1 Å². The zero-order valence-electron chi connectivity index (χ0n) is 18.1. The van der Waals surface area contributed by atoms with Crippen LogP contribution in [0, 0.1) is 0 Å². The summed E-state index contributed by atoms with van der Waals surface area (Å²) in [6, 6.07) is 2.91. The van der Waals surface area contributed by atoms with Crippen LogP contribution in [0.2, 0.25) is 0 Å². The van der Waals surface area contributed by atoms with Crippen molar-refractivity contribution in [2.75, 3.05) is 41.0 Å². The molecular weight excluding hydrogens is 426 g/mol. The molecule has 3 amide bonds. The molecule has 0 aliphatic carbocycles. The topological polar surface area (TPSA) is 106 Å². The Hall–Kier alpha value is -2.52. The van der Waals surface area contributed by atoms with E-state index in [1.807, 2.05) is 0 Å². The van der Waals surface area contributed by atoms with E-state index in [9.17, 15) is 14.4 Å². The number of Topliss-reactive ketones (excluding diaryl/α,β-unsaturated/α-hetero) is 1. The van der Waals surface area contributed by atoms with Gasteiger partial charge in [0.1, 0.15) is 11.3 Å². The van der Waals surface area contributed by atoms with E-state index in [-0.39, 0.29) is 24.1 Å². The summed E-state index contributed by atoms with van der Waals surface area (Å²) < 4.78 is 15.9. The van der Waals surface area contributed by atoms with Crippen molar-refractivity contribution in [1.29, 1.82) is 0 Å². The number of nitrogens with zero attached hydrogens (tertiary/aromatic N) is 1. The van der Waals surface area contributed by atoms with Gasteiger partial charge in [-0.1, -0.05) is 0 Å². The minimum Gasteiger partial charge on any atom is -0.496 e. The SMILES string of the molecule is COc1cc(OC)c(C(=O)CCCCN2CCC3(CC2)NC(=O)NC3=O)cc1OC.Cl. The molecule has 10 heteroatoms. The number of amides is 3. The van der Waals surface area contributed by atoms with E-state index in [0.29, 0.717) is 42.1 Å². The summed E-state index contributed by atoms with van der Waals surface area (Å²) in [5.41, 5.74) is -0.258. The zero-order chi connectivity index (χ0) is 21.7. The maximum absolute atomic E-state index is 12.7. The van der Waals surface area contributed by atoms with Gasteiger partial charge in [-0.2, -0.15) is 0 Å². The van der Waals surface area contributed by atoms with Crippen LogP contribution >= 0.6 is 12.4 Å². The lowest BCUT2D eigenvalue weighted by atomic mass is 9.87. The van der Waals surface area contributed by atoms with E-state index in [1.54, 1.807) is 12.1 Å². The van der Waals surface area contributed by atoms with Gasteiger partial charge < -0.3 is 24.4 Å². The molecule has 2 N–H and O–H groups in total. The Morgan fingerprint density at radius 3 is 2.16 bits per heavy atom. The average Bonchev–Trinajstić information content (AvgIpc) is 3.03. The van der Waals surface area contributed by atoms with Gasteiger partial charge >= 0.3 is 6.03 Å². The van der Waals surface area contributed by atoms with Crippen molar-refractivity contribution in [2.24, 2.45) is 0 Å². The van der Waals surface area contributed by atoms with E-state index in [1.165, 1.54) is 21.3 Å². The van der Waals surface area contributed by atoms with Gasteiger partial charge in [-0.3, -0.25) is 14.9 Å². The molecule has 3 rings (SSSR count). The second-order valence-corrected chi connectivity index (χ2v) is 7.62. The van der Waals surface area contributed by atoms with Crippen LogP contribution in [0.15, 0.2) is 12.1 Å². The lowest BCUT2D eigenvalue weighted by Crippen LogP contribution is -2.54. The molecule has 0 aromatic heterocycles. The molecule has 0 radical (unpaired) electrons. The minimum atomic E-state index is -0.743. The molecule has 9 nitrogen and oxygen atoms in total. The second kappa shape index (κ2) is 10.7. The monoisotopic (exact) mass is 455 g/mol. The highest BCUT2D eigenvalue weighted by molar-refractivity contribution is 6.07. The molecule has 2 aliphatic rings. The number of halogens is 1. The number of ketones is 1. The molecule has 2 fully saturated rings. The molecule has 2 heterocycles. The van der Waals surface area contributed by atoms with Gasteiger partial charge in [0, 0.05) is 25.6 Å². The Balaban J connectivity index is 0.00000341. The number of hydrogen-bond donors (Lipinski definition) is 2. The van der Waals surface area contributed by atoms with E-state index < -0.39 is 11.6 Å². The number of piperidine rings is 1. The summed E-state index contributed by atoms with van der Waals surface area (Å²) in [6.07, 6.45) is 3.23. The molecule has 0 unspecified atom stereocenters. The minimum absolute atomic E-state index is 0. The predicted octanol–water partition coefficient (Wildman–Crippen LogP) is 2.16. The van der Waals surface area contributed by atoms with Crippen LogP contribution < -0.4 is 24.8 Å². The highest BCUT2D eigenvalue weighted by Crippen LogP contribution is 2.35. The lowest BCUT2D eigenvalue weighted by Gasteiger charge is -2.36. The second-order valence-electron chi connectivity index (χ2n) is 7.62. The maximum Gasteiger partial charge on any atom is 0.322 e. The normalized spacial score (nSPS) is 17.5. The number of hydrogen-bond acceptors (Lipinski definition) is 7. The van der Waals surface area contributed by atoms with E-state index in [2.05, 4.69) is 15.5 Å². The molecular formula is C21H30ClN3O6. The fourth-order valence-electron chi connectivity index (χ4n) is 4.04. The van der Waals surface area contributed by atoms with Crippen LogP contribution in [0.4, 0.5) is 4.79 Å². The zero-order valence-corrected chi connectivity index (χ0v) is 18.9. The van der Waals surface area contributed by atoms with E-state index in [4.69, 9.17) is 14.2 Å². The van der Waals surface area contributed by atoms with Gasteiger partial charge in [0.2, 0.25) is 0 Å². The van der Waals surface area contributed by atoms with Crippen LogP contribution in [-0.2, 0) is 4.79 Å². The standard InChI is InChI=1S/C21H29N3O6.ClH/c1-28-16-13-18(30-3)17(29-2)12-14(16)15(25)6-4-5-9-24-10-7-21(8-11-24)19(26)22-20(27)23-21;/h12-13H,4-11H2,1-3H3,(H2,22,23,26,27);1H. The summed E-state index contributed by atoms with van der Waals surface area (Å²) in [6.45, 7) is 2.33. The van der Waals surface area contributed by atoms with Crippen molar-refractivity contribution >= 4 is 30.1 Å². The third-order valence-corrected chi connectivity index (χ3v) is 5.86. The summed E-state index contributed by atoms with van der Waals surface area (Å²) >= 11 is 0. The van der Waals surface area contributed by atoms with Crippen molar-refractivity contribution in [3.63, 3.8) is 0 Å². The third kappa shape index (κ3) is 5.40. The molecule has 1 aromatic rings. The first-order valence-corrected chi connectivity index (χ1v) is 10.1. The summed E-state index contributed by atoms with van der Waals surface area (Å²) in [5.74, 6) is 1.25. The number of benzene rings is 1. The van der Waals surface area contributed by atoms with Crippen molar-refractivity contribution in [1.82, 2.24) is 15.5 Å². The number of urea groups is 1. The largest absolute Gasteiger partial charge is 0.496 e. The Labute approximate surface area is 188 Å². The molecule has 0 saturated carbocycles. The third-order valence-electron chi connectivity index (χ3n) is 5.86. The van der Waals surface area contributed by atoms with Crippen molar-refractivity contribution in [3.05, 3.63) is 17.7 Å². The summed E-state index contributed by atoms with van der Waals surface area (Å²) in [5, 5.41) is 5.09. The Morgan fingerprint density at radius 2 is 1.61 bits per heavy atom. The maximum atomic E-state index is 12.7. The molecule has 1 aromatic carbocycles. The molecule has 31 heavy (non-hydrogen) atoms. The summed E-state index contributed by atoms with van der Waals surface area (Å²) in [4.78, 5) is 38.4. The highest BCUT2D eigenvalue weighted by Gasteiger charge is 2.47. The van der Waals surface area contributed by atoms with Gasteiger partial charge in [-0.05, 0) is 38.3 Å². The van der Waals surface area contributed by atoms with Crippen LogP contribution in [0.1, 0.15) is 42.5 Å². The Kier molecular flexibility index (Phi) is 8.52. The fourth-order valence-corrected chi connectivity index (χ4v) is 4.04. The van der Waals surface area contributed by atoms with Gasteiger partial charge in [0.25, 0.3) is 5.91 Å². The summed E-state index contributed by atoms with van der Waals surface area (Å²) in [7, 11) is 4.59. The Bertz CT molecular complexity index is 824. The number of ether oxygens (including phenoxy) is 3. The first-order chi connectivity index (χ1) is 14.4. The highest BCUT2D eigenvalue weighted by atomic mass is 35.5. The number of carbonyl (C=O) groups is 3. The number of imide groups is 1. The van der Waals surface area contributed by atoms with Gasteiger partial charge in [-0.25, -0.2) is 4.79 Å². The van der Waals surface area contributed by atoms with Crippen LogP contribution in [0.5, 0.6) is 17.2 Å². The predicted molar refractivity (Wildman–Crippen MR) is 117 cm³/mol. The first-order valence-electron chi connectivity index (χ1n) is 10.1. The smallest absolute Gasteiger partial charge is 0.322 e. The number of unbranched alkanes of at least 4 members (excludes halogenated alkanes) is 1. The number of nitrogens with one attached hydrogen (secondary N) is 2. The molecule has 2 aliphatic heterocycles. The number of carbonyl (C=O) groups excluding carboxylic acids is 3. The van der Waals surface area contributed by atoms with Gasteiger partial charge in [0.05, 0.1) is 26.9 Å². The van der Waals surface area contributed by atoms with Crippen molar-refractivity contribution in [3.8, 4) is 17.2 Å². The molecule has 1 spiro atoms. The van der Waals surface area contributed by atoms with Crippen molar-refractivity contribution in [2.45, 2.75) is 37.6 Å². The quantitative estimate of drug-likeness (QED) is 0.334. The van der Waals surface area contributed by atoms with Crippen molar-refractivity contribution < 1.29 is 28.6 Å². The fraction of sp³-hybridized carbons (Fsp3) is 0.571. The van der Waals surface area contributed by atoms with Crippen LogP contribution in [0.25, 0.3) is 0 Å². The van der Waals surface area contributed by atoms with Crippen LogP contribution in [0.3, 0.4) is 0 Å². The number of likely N-dealkylation sites (tertiary alicyclic amines) is 1. The molecule has 0 bridgehead atoms. The average molecular weight is 456 g/mol. The van der Waals surface area contributed by atoms with E-state index in [0.717, 1.165) is 32.5 Å². The number of methoxy groups -OCH3 is 3. The van der Waals surface area contributed by atoms with Gasteiger partial charge in [0.15, 0.2) is 17.3 Å². The molecule has 172 valence electrons. The van der Waals surface area contributed by atoms with E-state index >= 15 is 0 Å². The Morgan fingerprint density at radius 1 is 1.00 bits per heavy atom. The van der Waals surface area contributed by atoms with Gasteiger partial charge in [-0.15, -0.1) is 12.4 Å². The lowest BCUT2D eigenvalue weighted by molar-refractivity contribution is -0.125. The first kappa shape index (κ1) is 24.7.